The SMILES string of the molecule is O=C(C1CCCNC1)N1CCCN(S(=O)(=O)c2ccc(F)cc2)CC1. The first-order valence-corrected chi connectivity index (χ1v) is 10.2. The van der Waals surface area contributed by atoms with Crippen LogP contribution in [0.25, 0.3) is 0 Å². The van der Waals surface area contributed by atoms with Gasteiger partial charge in [0.15, 0.2) is 0 Å². The van der Waals surface area contributed by atoms with Crippen LogP contribution in [0.15, 0.2) is 29.2 Å². The van der Waals surface area contributed by atoms with Gasteiger partial charge in [-0.1, -0.05) is 0 Å². The van der Waals surface area contributed by atoms with Crippen molar-refractivity contribution in [1.29, 1.82) is 0 Å². The molecule has 25 heavy (non-hydrogen) atoms. The molecule has 0 aliphatic carbocycles. The molecule has 0 radical (unpaired) electrons. The lowest BCUT2D eigenvalue weighted by atomic mass is 9.98. The van der Waals surface area contributed by atoms with Crippen molar-refractivity contribution in [3.63, 3.8) is 0 Å². The van der Waals surface area contributed by atoms with Gasteiger partial charge in [-0.2, -0.15) is 4.31 Å². The van der Waals surface area contributed by atoms with Crippen LogP contribution in [0.4, 0.5) is 4.39 Å². The molecule has 8 heteroatoms. The van der Waals surface area contributed by atoms with Gasteiger partial charge in [0, 0.05) is 32.7 Å². The Morgan fingerprint density at radius 2 is 1.84 bits per heavy atom. The summed E-state index contributed by atoms with van der Waals surface area (Å²) >= 11 is 0. The maximum atomic E-state index is 13.0. The number of benzene rings is 1. The van der Waals surface area contributed by atoms with Gasteiger partial charge in [-0.15, -0.1) is 0 Å². The lowest BCUT2D eigenvalue weighted by Crippen LogP contribution is -2.44. The quantitative estimate of drug-likeness (QED) is 0.865. The smallest absolute Gasteiger partial charge is 0.243 e. The lowest BCUT2D eigenvalue weighted by molar-refractivity contribution is -0.135. The van der Waals surface area contributed by atoms with E-state index >= 15 is 0 Å². The number of carbonyl (C=O) groups is 1. The highest BCUT2D eigenvalue weighted by atomic mass is 32.2. The first-order valence-electron chi connectivity index (χ1n) is 8.74. The first-order chi connectivity index (χ1) is 12.0. The van der Waals surface area contributed by atoms with E-state index in [0.29, 0.717) is 32.6 Å². The van der Waals surface area contributed by atoms with Gasteiger partial charge in [0.25, 0.3) is 0 Å². The predicted octanol–water partition coefficient (Wildman–Crippen LogP) is 1.05. The number of hydrogen-bond acceptors (Lipinski definition) is 4. The number of rotatable bonds is 3. The monoisotopic (exact) mass is 369 g/mol. The maximum absolute atomic E-state index is 13.0. The minimum Gasteiger partial charge on any atom is -0.341 e. The van der Waals surface area contributed by atoms with E-state index in [4.69, 9.17) is 0 Å². The molecule has 2 saturated heterocycles. The van der Waals surface area contributed by atoms with Crippen LogP contribution in [0.5, 0.6) is 0 Å². The highest BCUT2D eigenvalue weighted by Crippen LogP contribution is 2.20. The molecule has 1 N–H and O–H groups in total. The summed E-state index contributed by atoms with van der Waals surface area (Å²) in [7, 11) is -3.66. The molecule has 0 bridgehead atoms. The van der Waals surface area contributed by atoms with Crippen molar-refractivity contribution in [3.8, 4) is 0 Å². The van der Waals surface area contributed by atoms with Gasteiger partial charge in [-0.05, 0) is 50.1 Å². The van der Waals surface area contributed by atoms with Crippen molar-refractivity contribution in [1.82, 2.24) is 14.5 Å². The van der Waals surface area contributed by atoms with Crippen LogP contribution in [0.2, 0.25) is 0 Å². The van der Waals surface area contributed by atoms with Gasteiger partial charge >= 0.3 is 0 Å². The van der Waals surface area contributed by atoms with Crippen LogP contribution >= 0.6 is 0 Å². The minimum atomic E-state index is -3.66. The molecule has 1 amide bonds. The number of nitrogens with zero attached hydrogens (tertiary/aromatic N) is 2. The molecule has 1 aromatic rings. The zero-order valence-electron chi connectivity index (χ0n) is 14.2. The molecule has 6 nitrogen and oxygen atoms in total. The van der Waals surface area contributed by atoms with E-state index in [0.717, 1.165) is 31.5 Å². The van der Waals surface area contributed by atoms with E-state index in [1.54, 1.807) is 4.90 Å². The fourth-order valence-electron chi connectivity index (χ4n) is 3.43. The van der Waals surface area contributed by atoms with E-state index in [1.807, 2.05) is 0 Å². The number of sulfonamides is 1. The van der Waals surface area contributed by atoms with Gasteiger partial charge in [-0.25, -0.2) is 12.8 Å². The number of carbonyl (C=O) groups excluding carboxylic acids is 1. The van der Waals surface area contributed by atoms with Crippen molar-refractivity contribution in [2.45, 2.75) is 24.2 Å². The average Bonchev–Trinajstić information content (AvgIpc) is 2.89. The van der Waals surface area contributed by atoms with Crippen molar-refractivity contribution in [3.05, 3.63) is 30.1 Å². The van der Waals surface area contributed by atoms with E-state index in [2.05, 4.69) is 5.32 Å². The second-order valence-electron chi connectivity index (χ2n) is 6.58. The minimum absolute atomic E-state index is 0.00555. The number of hydrogen-bond donors (Lipinski definition) is 1. The standard InChI is InChI=1S/C17H24FN3O3S/c18-15-4-6-16(7-5-15)25(23,24)21-10-2-9-20(11-12-21)17(22)14-3-1-8-19-13-14/h4-7,14,19H,1-3,8-13H2. The topological polar surface area (TPSA) is 69.7 Å². The maximum Gasteiger partial charge on any atom is 0.243 e. The van der Waals surface area contributed by atoms with Gasteiger partial charge in [-0.3, -0.25) is 4.79 Å². The lowest BCUT2D eigenvalue weighted by Gasteiger charge is -2.29. The molecular formula is C17H24FN3O3S. The number of halogens is 1. The summed E-state index contributed by atoms with van der Waals surface area (Å²) in [5.74, 6) is -0.352. The summed E-state index contributed by atoms with van der Waals surface area (Å²) in [6.07, 6.45) is 2.49. The Bertz CT molecular complexity index is 702. The highest BCUT2D eigenvalue weighted by Gasteiger charge is 2.31. The molecule has 0 aromatic heterocycles. The average molecular weight is 369 g/mol. The second-order valence-corrected chi connectivity index (χ2v) is 8.52. The molecule has 138 valence electrons. The van der Waals surface area contributed by atoms with Crippen molar-refractivity contribution in [2.75, 3.05) is 39.3 Å². The fraction of sp³-hybridized carbons (Fsp3) is 0.588. The van der Waals surface area contributed by atoms with Gasteiger partial charge in [0.2, 0.25) is 15.9 Å². The van der Waals surface area contributed by atoms with Crippen molar-refractivity contribution in [2.24, 2.45) is 5.92 Å². The van der Waals surface area contributed by atoms with Crippen LogP contribution < -0.4 is 5.32 Å². The van der Waals surface area contributed by atoms with E-state index in [-0.39, 0.29) is 23.3 Å². The van der Waals surface area contributed by atoms with Crippen LogP contribution in [0.1, 0.15) is 19.3 Å². The third-order valence-electron chi connectivity index (χ3n) is 4.86. The van der Waals surface area contributed by atoms with Gasteiger partial charge < -0.3 is 10.2 Å². The third kappa shape index (κ3) is 4.19. The second kappa shape index (κ2) is 7.80. The molecule has 2 heterocycles. The van der Waals surface area contributed by atoms with Crippen LogP contribution in [-0.4, -0.2) is 62.8 Å². The molecular weight excluding hydrogens is 345 g/mol. The zero-order valence-corrected chi connectivity index (χ0v) is 15.0. The van der Waals surface area contributed by atoms with Gasteiger partial charge in [0.05, 0.1) is 10.8 Å². The summed E-state index contributed by atoms with van der Waals surface area (Å²) < 4.78 is 39.9. The largest absolute Gasteiger partial charge is 0.341 e. The molecule has 1 atom stereocenters. The zero-order chi connectivity index (χ0) is 17.9. The molecule has 2 fully saturated rings. The van der Waals surface area contributed by atoms with Crippen molar-refractivity contribution < 1.29 is 17.6 Å². The molecule has 0 spiro atoms. The Kier molecular flexibility index (Phi) is 5.71. The van der Waals surface area contributed by atoms with Crippen molar-refractivity contribution >= 4 is 15.9 Å². The Morgan fingerprint density at radius 1 is 1.08 bits per heavy atom. The number of nitrogens with one attached hydrogen (secondary N) is 1. The molecule has 3 rings (SSSR count). The number of amides is 1. The molecule has 1 unspecified atom stereocenters. The Balaban J connectivity index is 1.66. The highest BCUT2D eigenvalue weighted by molar-refractivity contribution is 7.89. The summed E-state index contributed by atoms with van der Waals surface area (Å²) in [6, 6.07) is 4.87. The molecule has 0 saturated carbocycles. The van der Waals surface area contributed by atoms with Gasteiger partial charge in [0.1, 0.15) is 5.82 Å². The fourth-order valence-corrected chi connectivity index (χ4v) is 4.90. The third-order valence-corrected chi connectivity index (χ3v) is 6.78. The number of piperidine rings is 1. The Hall–Kier alpha value is -1.51. The summed E-state index contributed by atoms with van der Waals surface area (Å²) in [6.45, 7) is 3.26. The Labute approximate surface area is 148 Å². The normalized spacial score (nSPS) is 23.2. The van der Waals surface area contributed by atoms with Crippen LogP contribution in [0, 0.1) is 11.7 Å². The van der Waals surface area contributed by atoms with E-state index in [1.165, 1.54) is 16.4 Å². The predicted molar refractivity (Wildman–Crippen MR) is 91.9 cm³/mol. The molecule has 2 aliphatic heterocycles. The van der Waals surface area contributed by atoms with E-state index < -0.39 is 15.8 Å². The summed E-state index contributed by atoms with van der Waals surface area (Å²) in [5, 5.41) is 3.25. The van der Waals surface area contributed by atoms with Crippen LogP contribution in [0.3, 0.4) is 0 Å². The summed E-state index contributed by atoms with van der Waals surface area (Å²) in [4.78, 5) is 14.5. The molecule has 1 aromatic carbocycles. The van der Waals surface area contributed by atoms with E-state index in [9.17, 15) is 17.6 Å². The van der Waals surface area contributed by atoms with Crippen LogP contribution in [-0.2, 0) is 14.8 Å². The Morgan fingerprint density at radius 3 is 2.52 bits per heavy atom. The summed E-state index contributed by atoms with van der Waals surface area (Å²) in [5.41, 5.74) is 0. The molecule has 2 aliphatic rings. The first kappa shape index (κ1) is 18.3.